The highest BCUT2D eigenvalue weighted by atomic mass is 32.2. The molecule has 0 unspecified atom stereocenters. The van der Waals surface area contributed by atoms with Gasteiger partial charge in [0.2, 0.25) is 12.7 Å². The summed E-state index contributed by atoms with van der Waals surface area (Å²) >= 11 is 6.59. The molecule has 0 N–H and O–H groups in total. The Hall–Kier alpha value is -1.27. The second-order valence-electron chi connectivity index (χ2n) is 4.17. The van der Waals surface area contributed by atoms with Crippen molar-refractivity contribution in [1.82, 2.24) is 4.90 Å². The van der Waals surface area contributed by atoms with Gasteiger partial charge in [-0.15, -0.1) is 0 Å². The Balaban J connectivity index is 1.89. The van der Waals surface area contributed by atoms with Crippen molar-refractivity contribution in [3.05, 3.63) is 23.3 Å². The van der Waals surface area contributed by atoms with Gasteiger partial charge in [-0.3, -0.25) is 9.69 Å². The van der Waals surface area contributed by atoms with Crippen LogP contribution in [0.1, 0.15) is 11.1 Å². The average Bonchev–Trinajstić information content (AvgIpc) is 2.90. The quantitative estimate of drug-likeness (QED) is 0.776. The Morgan fingerprint density at radius 1 is 1.39 bits per heavy atom. The molecule has 1 amide bonds. The van der Waals surface area contributed by atoms with Crippen molar-refractivity contribution in [1.29, 1.82) is 0 Å². The van der Waals surface area contributed by atoms with Crippen LogP contribution in [0.25, 0.3) is 0 Å². The molecule has 2 aliphatic rings. The van der Waals surface area contributed by atoms with Gasteiger partial charge >= 0.3 is 0 Å². The zero-order chi connectivity index (χ0) is 12.7. The number of hydrogen-bond acceptors (Lipinski definition) is 5. The third-order valence-corrected chi connectivity index (χ3v) is 4.43. The molecule has 0 aliphatic carbocycles. The van der Waals surface area contributed by atoms with Crippen LogP contribution in [0.5, 0.6) is 11.5 Å². The lowest BCUT2D eigenvalue weighted by atomic mass is 10.1. The molecule has 0 spiro atoms. The molecule has 94 valence electrons. The Morgan fingerprint density at radius 2 is 2.11 bits per heavy atom. The number of aryl methyl sites for hydroxylation is 1. The molecule has 0 aromatic heterocycles. The molecule has 2 heterocycles. The van der Waals surface area contributed by atoms with Crippen molar-refractivity contribution >= 4 is 34.2 Å². The van der Waals surface area contributed by atoms with Crippen LogP contribution in [-0.4, -0.2) is 27.7 Å². The molecule has 0 bridgehead atoms. The number of carbonyl (C=O) groups is 1. The highest BCUT2D eigenvalue weighted by molar-refractivity contribution is 8.23. The minimum Gasteiger partial charge on any atom is -0.454 e. The van der Waals surface area contributed by atoms with Crippen molar-refractivity contribution < 1.29 is 14.3 Å². The largest absolute Gasteiger partial charge is 0.454 e. The summed E-state index contributed by atoms with van der Waals surface area (Å²) in [6.07, 6.45) is 0. The van der Waals surface area contributed by atoms with Gasteiger partial charge in [0, 0.05) is 0 Å². The normalized spacial score (nSPS) is 17.7. The Bertz CT molecular complexity index is 528. The molecule has 4 nitrogen and oxygen atoms in total. The number of rotatable bonds is 2. The van der Waals surface area contributed by atoms with E-state index in [-0.39, 0.29) is 12.7 Å². The average molecular weight is 281 g/mol. The van der Waals surface area contributed by atoms with E-state index >= 15 is 0 Å². The van der Waals surface area contributed by atoms with E-state index in [1.807, 2.05) is 19.1 Å². The maximum absolute atomic E-state index is 11.7. The number of carbonyl (C=O) groups excluding carboxylic acids is 1. The molecule has 3 rings (SSSR count). The van der Waals surface area contributed by atoms with Gasteiger partial charge in [0.05, 0.1) is 12.3 Å². The predicted octanol–water partition coefficient (Wildman–Crippen LogP) is 2.08. The minimum atomic E-state index is 0.0714. The first-order valence-corrected chi connectivity index (χ1v) is 6.91. The first kappa shape index (κ1) is 11.8. The first-order valence-electron chi connectivity index (χ1n) is 5.51. The highest BCUT2D eigenvalue weighted by Gasteiger charge is 2.27. The molecule has 1 aromatic carbocycles. The number of ether oxygens (including phenoxy) is 2. The molecule has 6 heteroatoms. The van der Waals surface area contributed by atoms with Crippen LogP contribution in [-0.2, 0) is 11.3 Å². The lowest BCUT2D eigenvalue weighted by Gasteiger charge is -2.16. The van der Waals surface area contributed by atoms with Crippen LogP contribution in [0.4, 0.5) is 0 Å². The number of thioether (sulfide) groups is 1. The van der Waals surface area contributed by atoms with Crippen molar-refractivity contribution in [2.45, 2.75) is 13.5 Å². The fraction of sp³-hybridized carbons (Fsp3) is 0.333. The Labute approximate surface area is 114 Å². The molecule has 2 aliphatic heterocycles. The first-order chi connectivity index (χ1) is 8.65. The summed E-state index contributed by atoms with van der Waals surface area (Å²) in [5.74, 6) is 2.02. The molecule has 1 fully saturated rings. The smallest absolute Gasteiger partial charge is 0.238 e. The van der Waals surface area contributed by atoms with Crippen LogP contribution < -0.4 is 9.47 Å². The second kappa shape index (κ2) is 4.44. The second-order valence-corrected chi connectivity index (χ2v) is 5.78. The minimum absolute atomic E-state index is 0.0714. The zero-order valence-electron chi connectivity index (χ0n) is 9.76. The van der Waals surface area contributed by atoms with Crippen LogP contribution in [0.3, 0.4) is 0 Å². The van der Waals surface area contributed by atoms with Crippen LogP contribution in [0, 0.1) is 6.92 Å². The van der Waals surface area contributed by atoms with Gasteiger partial charge in [0.25, 0.3) is 0 Å². The van der Waals surface area contributed by atoms with Gasteiger partial charge in [0.15, 0.2) is 11.5 Å². The zero-order valence-corrected chi connectivity index (χ0v) is 11.4. The van der Waals surface area contributed by atoms with E-state index in [4.69, 9.17) is 21.7 Å². The number of thiocarbonyl (C=S) groups is 1. The van der Waals surface area contributed by atoms with Gasteiger partial charge in [-0.25, -0.2) is 0 Å². The number of hydrogen-bond donors (Lipinski definition) is 0. The summed E-state index contributed by atoms with van der Waals surface area (Å²) in [5.41, 5.74) is 2.12. The lowest BCUT2D eigenvalue weighted by Crippen LogP contribution is -2.28. The Kier molecular flexibility index (Phi) is 2.91. The highest BCUT2D eigenvalue weighted by Crippen LogP contribution is 2.35. The molecular weight excluding hydrogens is 270 g/mol. The number of benzene rings is 1. The molecule has 0 atom stereocenters. The van der Waals surface area contributed by atoms with Crippen LogP contribution >= 0.6 is 24.0 Å². The van der Waals surface area contributed by atoms with Crippen LogP contribution in [0.15, 0.2) is 12.1 Å². The fourth-order valence-corrected chi connectivity index (χ4v) is 3.03. The molecular formula is C12H11NO3S2. The fourth-order valence-electron chi connectivity index (χ4n) is 1.96. The number of nitrogens with zero attached hydrogens (tertiary/aromatic N) is 1. The van der Waals surface area contributed by atoms with Gasteiger partial charge in [-0.05, 0) is 30.2 Å². The topological polar surface area (TPSA) is 38.8 Å². The SMILES string of the molecule is Cc1cc2c(cc1CN1C(=O)CSC1=S)OCO2. The van der Waals surface area contributed by atoms with Crippen molar-refractivity contribution in [3.8, 4) is 11.5 Å². The third-order valence-electron chi connectivity index (χ3n) is 3.00. The van der Waals surface area contributed by atoms with Gasteiger partial charge < -0.3 is 9.47 Å². The summed E-state index contributed by atoms with van der Waals surface area (Å²) in [6.45, 7) is 2.76. The summed E-state index contributed by atoms with van der Waals surface area (Å²) in [6, 6.07) is 3.87. The summed E-state index contributed by atoms with van der Waals surface area (Å²) in [4.78, 5) is 13.3. The summed E-state index contributed by atoms with van der Waals surface area (Å²) in [5, 5.41) is 0. The standard InChI is InChI=1S/C12H11NO3S2/c1-7-2-9-10(16-6-15-9)3-8(7)4-13-11(14)5-18-12(13)17/h2-3H,4-6H2,1H3. The van der Waals surface area contributed by atoms with Gasteiger partial charge in [-0.2, -0.15) is 0 Å². The van der Waals surface area contributed by atoms with Crippen molar-refractivity contribution in [2.75, 3.05) is 12.5 Å². The maximum atomic E-state index is 11.7. The Morgan fingerprint density at radius 3 is 2.78 bits per heavy atom. The van der Waals surface area contributed by atoms with E-state index in [1.165, 1.54) is 11.8 Å². The van der Waals surface area contributed by atoms with E-state index in [0.717, 1.165) is 22.6 Å². The number of amides is 1. The van der Waals surface area contributed by atoms with E-state index in [9.17, 15) is 4.79 Å². The number of fused-ring (bicyclic) bond motifs is 1. The van der Waals surface area contributed by atoms with Crippen molar-refractivity contribution in [2.24, 2.45) is 0 Å². The molecule has 1 aromatic rings. The monoisotopic (exact) mass is 281 g/mol. The van der Waals surface area contributed by atoms with E-state index < -0.39 is 0 Å². The van der Waals surface area contributed by atoms with E-state index in [0.29, 0.717) is 16.6 Å². The summed E-state index contributed by atoms with van der Waals surface area (Å²) < 4.78 is 11.3. The lowest BCUT2D eigenvalue weighted by molar-refractivity contribution is -0.124. The van der Waals surface area contributed by atoms with Gasteiger partial charge in [0.1, 0.15) is 4.32 Å². The maximum Gasteiger partial charge on any atom is 0.238 e. The van der Waals surface area contributed by atoms with Gasteiger partial charge in [-0.1, -0.05) is 24.0 Å². The molecule has 0 radical (unpaired) electrons. The molecule has 18 heavy (non-hydrogen) atoms. The summed E-state index contributed by atoms with van der Waals surface area (Å²) in [7, 11) is 0. The third kappa shape index (κ3) is 1.95. The van der Waals surface area contributed by atoms with E-state index in [2.05, 4.69) is 0 Å². The predicted molar refractivity (Wildman–Crippen MR) is 72.9 cm³/mol. The van der Waals surface area contributed by atoms with Crippen molar-refractivity contribution in [3.63, 3.8) is 0 Å². The molecule has 0 saturated carbocycles. The van der Waals surface area contributed by atoms with E-state index in [1.54, 1.807) is 4.90 Å². The van der Waals surface area contributed by atoms with Crippen LogP contribution in [0.2, 0.25) is 0 Å². The molecule has 1 saturated heterocycles.